The molecule has 0 saturated heterocycles. The largest absolute Gasteiger partial charge is 0.314 e. The van der Waals surface area contributed by atoms with Gasteiger partial charge in [-0.15, -0.1) is 0 Å². The number of alkyl halides is 1. The molecule has 1 heterocycles. The maximum atomic E-state index is 13.8. The van der Waals surface area contributed by atoms with E-state index in [9.17, 15) is 9.18 Å². The van der Waals surface area contributed by atoms with E-state index in [0.29, 0.717) is 22.7 Å². The number of allylic oxidation sites excluding steroid dienone is 1. The molecule has 1 amide bonds. The Hall–Kier alpha value is -0.620. The van der Waals surface area contributed by atoms with Crippen molar-refractivity contribution in [3.63, 3.8) is 0 Å². The maximum Gasteiger partial charge on any atom is 0.240 e. The predicted octanol–water partition coefficient (Wildman–Crippen LogP) is 3.49. The van der Waals surface area contributed by atoms with Gasteiger partial charge in [0.25, 0.3) is 0 Å². The van der Waals surface area contributed by atoms with Crippen molar-refractivity contribution < 1.29 is 9.18 Å². The van der Waals surface area contributed by atoms with Crippen LogP contribution >= 0.6 is 34.2 Å². The minimum Gasteiger partial charge on any atom is -0.314 e. The SMILES string of the molecule is CN1C(=O)C(I)CC=C1c1ccc(Cl)cc1F. The summed E-state index contributed by atoms with van der Waals surface area (Å²) in [7, 11) is 1.66. The second kappa shape index (κ2) is 4.94. The van der Waals surface area contributed by atoms with E-state index in [4.69, 9.17) is 11.6 Å². The molecule has 1 aliphatic rings. The Morgan fingerprint density at radius 2 is 2.24 bits per heavy atom. The average Bonchev–Trinajstić information content (AvgIpc) is 2.28. The van der Waals surface area contributed by atoms with Crippen LogP contribution in [0.25, 0.3) is 5.70 Å². The number of halogens is 3. The van der Waals surface area contributed by atoms with Gasteiger partial charge in [0.15, 0.2) is 0 Å². The lowest BCUT2D eigenvalue weighted by atomic mass is 10.0. The van der Waals surface area contributed by atoms with E-state index in [1.807, 2.05) is 6.08 Å². The Kier molecular flexibility index (Phi) is 3.73. The fourth-order valence-electron chi connectivity index (χ4n) is 1.77. The zero-order valence-electron chi connectivity index (χ0n) is 9.08. The van der Waals surface area contributed by atoms with Gasteiger partial charge in [-0.05, 0) is 24.6 Å². The third kappa shape index (κ3) is 2.47. The Balaban J connectivity index is 2.43. The summed E-state index contributed by atoms with van der Waals surface area (Å²) in [6.45, 7) is 0. The summed E-state index contributed by atoms with van der Waals surface area (Å²) >= 11 is 7.79. The maximum absolute atomic E-state index is 13.8. The highest BCUT2D eigenvalue weighted by Gasteiger charge is 2.27. The lowest BCUT2D eigenvalue weighted by Gasteiger charge is -2.28. The van der Waals surface area contributed by atoms with E-state index in [-0.39, 0.29) is 9.83 Å². The molecular formula is C12H10ClFINO. The molecule has 0 spiro atoms. The van der Waals surface area contributed by atoms with Crippen molar-refractivity contribution in [2.24, 2.45) is 0 Å². The van der Waals surface area contributed by atoms with Crippen LogP contribution in [0.4, 0.5) is 4.39 Å². The topological polar surface area (TPSA) is 20.3 Å². The second-order valence-corrected chi connectivity index (χ2v) is 5.75. The van der Waals surface area contributed by atoms with Gasteiger partial charge in [0.05, 0.1) is 3.92 Å². The van der Waals surface area contributed by atoms with E-state index in [0.717, 1.165) is 0 Å². The minimum absolute atomic E-state index is 0.00236. The highest BCUT2D eigenvalue weighted by Crippen LogP contribution is 2.30. The van der Waals surface area contributed by atoms with Crippen molar-refractivity contribution in [3.8, 4) is 0 Å². The minimum atomic E-state index is -0.407. The number of carbonyl (C=O) groups is 1. The van der Waals surface area contributed by atoms with Gasteiger partial charge in [-0.3, -0.25) is 4.79 Å². The molecule has 17 heavy (non-hydrogen) atoms. The van der Waals surface area contributed by atoms with Crippen LogP contribution in [0.2, 0.25) is 5.02 Å². The predicted molar refractivity (Wildman–Crippen MR) is 74.6 cm³/mol. The van der Waals surface area contributed by atoms with Gasteiger partial charge in [-0.1, -0.05) is 40.3 Å². The normalized spacial score (nSPS) is 20.5. The van der Waals surface area contributed by atoms with E-state index in [2.05, 4.69) is 22.6 Å². The van der Waals surface area contributed by atoms with Crippen molar-refractivity contribution in [2.75, 3.05) is 7.05 Å². The lowest BCUT2D eigenvalue weighted by molar-refractivity contribution is -0.126. The van der Waals surface area contributed by atoms with Gasteiger partial charge in [0, 0.05) is 23.3 Å². The van der Waals surface area contributed by atoms with Crippen LogP contribution in [0, 0.1) is 5.82 Å². The van der Waals surface area contributed by atoms with Crippen molar-refractivity contribution in [1.82, 2.24) is 4.90 Å². The van der Waals surface area contributed by atoms with Crippen LogP contribution in [-0.4, -0.2) is 21.8 Å². The fraction of sp³-hybridized carbons (Fsp3) is 0.250. The number of hydrogen-bond acceptors (Lipinski definition) is 1. The van der Waals surface area contributed by atoms with Crippen molar-refractivity contribution >= 4 is 45.8 Å². The molecule has 1 atom stereocenters. The molecule has 0 bridgehead atoms. The number of nitrogens with zero attached hydrogens (tertiary/aromatic N) is 1. The van der Waals surface area contributed by atoms with Crippen LogP contribution in [0.3, 0.4) is 0 Å². The summed E-state index contributed by atoms with van der Waals surface area (Å²) in [5, 5.41) is 0.350. The number of hydrogen-bond donors (Lipinski definition) is 0. The highest BCUT2D eigenvalue weighted by molar-refractivity contribution is 14.1. The molecule has 0 N–H and O–H groups in total. The van der Waals surface area contributed by atoms with Gasteiger partial charge in [0.1, 0.15) is 5.82 Å². The Morgan fingerprint density at radius 1 is 1.53 bits per heavy atom. The van der Waals surface area contributed by atoms with E-state index >= 15 is 0 Å². The zero-order chi connectivity index (χ0) is 12.6. The molecular weight excluding hydrogens is 355 g/mol. The second-order valence-electron chi connectivity index (χ2n) is 3.81. The first-order valence-electron chi connectivity index (χ1n) is 5.08. The van der Waals surface area contributed by atoms with E-state index < -0.39 is 5.82 Å². The fourth-order valence-corrected chi connectivity index (χ4v) is 2.60. The Morgan fingerprint density at radius 3 is 2.88 bits per heavy atom. The average molecular weight is 366 g/mol. The molecule has 5 heteroatoms. The van der Waals surface area contributed by atoms with Crippen LogP contribution < -0.4 is 0 Å². The number of carbonyl (C=O) groups excluding carboxylic acids is 1. The van der Waals surface area contributed by atoms with Crippen molar-refractivity contribution in [1.29, 1.82) is 0 Å². The molecule has 2 nitrogen and oxygen atoms in total. The van der Waals surface area contributed by atoms with Crippen LogP contribution in [-0.2, 0) is 4.79 Å². The van der Waals surface area contributed by atoms with Gasteiger partial charge in [-0.25, -0.2) is 4.39 Å². The van der Waals surface area contributed by atoms with Crippen molar-refractivity contribution in [3.05, 3.63) is 40.7 Å². The third-order valence-electron chi connectivity index (χ3n) is 2.69. The summed E-state index contributed by atoms with van der Waals surface area (Å²) in [6.07, 6.45) is 2.51. The van der Waals surface area contributed by atoms with Gasteiger partial charge in [0.2, 0.25) is 5.91 Å². The summed E-state index contributed by atoms with van der Waals surface area (Å²) < 4.78 is 13.7. The molecule has 0 fully saturated rings. The Labute approximate surface area is 118 Å². The summed E-state index contributed by atoms with van der Waals surface area (Å²) in [5.41, 5.74) is 1.02. The number of amides is 1. The van der Waals surface area contributed by atoms with Gasteiger partial charge in [-0.2, -0.15) is 0 Å². The zero-order valence-corrected chi connectivity index (χ0v) is 12.0. The first kappa shape index (κ1) is 12.8. The van der Waals surface area contributed by atoms with E-state index in [1.54, 1.807) is 19.2 Å². The van der Waals surface area contributed by atoms with Crippen LogP contribution in [0.1, 0.15) is 12.0 Å². The van der Waals surface area contributed by atoms with Crippen LogP contribution in [0.5, 0.6) is 0 Å². The van der Waals surface area contributed by atoms with Gasteiger partial charge >= 0.3 is 0 Å². The van der Waals surface area contributed by atoms with Crippen molar-refractivity contribution in [2.45, 2.75) is 10.3 Å². The summed E-state index contributed by atoms with van der Waals surface area (Å²) in [6, 6.07) is 4.47. The quantitative estimate of drug-likeness (QED) is 0.551. The summed E-state index contributed by atoms with van der Waals surface area (Å²) in [5.74, 6) is -0.409. The van der Waals surface area contributed by atoms with Crippen LogP contribution in [0.15, 0.2) is 24.3 Å². The standard InChI is InChI=1S/C12H10ClFINO/c1-16-11(5-4-10(15)12(16)17)8-3-2-7(13)6-9(8)14/h2-3,5-6,10H,4H2,1H3. The molecule has 1 aromatic rings. The van der Waals surface area contributed by atoms with E-state index in [1.165, 1.54) is 11.0 Å². The molecule has 90 valence electrons. The molecule has 0 radical (unpaired) electrons. The molecule has 0 saturated carbocycles. The molecule has 0 aliphatic carbocycles. The summed E-state index contributed by atoms with van der Waals surface area (Å²) in [4.78, 5) is 13.3. The molecule has 1 aliphatic heterocycles. The number of rotatable bonds is 1. The molecule has 0 aromatic heterocycles. The van der Waals surface area contributed by atoms with Gasteiger partial charge < -0.3 is 4.90 Å². The molecule has 1 aromatic carbocycles. The smallest absolute Gasteiger partial charge is 0.240 e. The molecule has 1 unspecified atom stereocenters. The first-order valence-corrected chi connectivity index (χ1v) is 6.70. The first-order chi connectivity index (χ1) is 8.00. The molecule has 2 rings (SSSR count). The Bertz CT molecular complexity index is 503. The third-order valence-corrected chi connectivity index (χ3v) is 3.96. The monoisotopic (exact) mass is 365 g/mol. The number of benzene rings is 1. The lowest BCUT2D eigenvalue weighted by Crippen LogP contribution is -2.35. The highest BCUT2D eigenvalue weighted by atomic mass is 127.